The van der Waals surface area contributed by atoms with Gasteiger partial charge in [0, 0.05) is 0 Å². The van der Waals surface area contributed by atoms with E-state index in [2.05, 4.69) is 41.7 Å². The minimum Gasteiger partial charge on any atom is -1.00 e. The van der Waals surface area contributed by atoms with Crippen molar-refractivity contribution in [3.63, 3.8) is 0 Å². The zero-order chi connectivity index (χ0) is 15.2. The molecule has 1 aromatic rings. The van der Waals surface area contributed by atoms with Crippen molar-refractivity contribution >= 4 is 17.7 Å². The maximum atomic E-state index is 11.6. The minimum atomic E-state index is -0.0828. The zero-order valence-electron chi connectivity index (χ0n) is 13.4. The van der Waals surface area contributed by atoms with Crippen LogP contribution < -0.4 is 22.4 Å². The minimum absolute atomic E-state index is 0. The Labute approximate surface area is 137 Å². The molecule has 0 aliphatic heterocycles. The number of carbonyl (C=O) groups is 1. The fourth-order valence-electron chi connectivity index (χ4n) is 1.55. The van der Waals surface area contributed by atoms with E-state index in [-0.39, 0.29) is 22.9 Å². The van der Waals surface area contributed by atoms with Gasteiger partial charge in [-0.2, -0.15) is 5.10 Å². The molecule has 0 fully saturated rings. The first kappa shape index (κ1) is 19.5. The maximum absolute atomic E-state index is 11.6. The molecule has 0 bridgehead atoms. The molecule has 1 N–H and O–H groups in total. The number of carbonyl (C=O) groups excluding carboxylic acids is 1. The third-order valence-corrected chi connectivity index (χ3v) is 2.57. The monoisotopic (exact) mass is 353 g/mol. The van der Waals surface area contributed by atoms with Gasteiger partial charge in [-0.05, 0) is 25.5 Å². The van der Waals surface area contributed by atoms with E-state index in [0.29, 0.717) is 11.0 Å². The van der Waals surface area contributed by atoms with E-state index in [4.69, 9.17) is 0 Å². The van der Waals surface area contributed by atoms with E-state index in [9.17, 15) is 4.79 Å². The lowest BCUT2D eigenvalue weighted by molar-refractivity contribution is -0.862. The summed E-state index contributed by atoms with van der Waals surface area (Å²) in [5.41, 5.74) is 5.68. The lowest BCUT2D eigenvalue weighted by Gasteiger charge is -2.22. The number of allylic oxidation sites excluding steroid dienone is 1. The topological polar surface area (TPSA) is 41.5 Å². The number of quaternary nitrogens is 1. The van der Waals surface area contributed by atoms with Crippen molar-refractivity contribution < 1.29 is 26.3 Å². The lowest BCUT2D eigenvalue weighted by Crippen LogP contribution is -3.00. The van der Waals surface area contributed by atoms with E-state index in [1.807, 2.05) is 40.2 Å². The quantitative estimate of drug-likeness (QED) is 0.420. The number of aryl methyl sites for hydroxylation is 1. The molecule has 5 heteroatoms. The second kappa shape index (κ2) is 8.74. The predicted molar refractivity (Wildman–Crippen MR) is 84.4 cm³/mol. The van der Waals surface area contributed by atoms with Crippen molar-refractivity contribution in [3.8, 4) is 0 Å². The molecule has 1 aromatic carbocycles. The zero-order valence-corrected chi connectivity index (χ0v) is 14.9. The van der Waals surface area contributed by atoms with Gasteiger partial charge >= 0.3 is 0 Å². The van der Waals surface area contributed by atoms with Gasteiger partial charge in [-0.15, -0.1) is 0 Å². The summed E-state index contributed by atoms with van der Waals surface area (Å²) in [6, 6.07) is 8.23. The van der Waals surface area contributed by atoms with Gasteiger partial charge < -0.3 is 21.5 Å². The van der Waals surface area contributed by atoms with Gasteiger partial charge in [-0.25, -0.2) is 5.43 Å². The third kappa shape index (κ3) is 9.15. The summed E-state index contributed by atoms with van der Waals surface area (Å²) in [4.78, 5) is 11.6. The van der Waals surface area contributed by atoms with Crippen molar-refractivity contribution in [1.29, 1.82) is 0 Å². The van der Waals surface area contributed by atoms with Gasteiger partial charge in [0.1, 0.15) is 0 Å². The SMILES string of the molecule is CC(/C=C/c1ccc(C)cc1)=N\NC(=O)C[N+](C)(C)C.[Br-]. The van der Waals surface area contributed by atoms with Crippen LogP contribution in [0.15, 0.2) is 35.4 Å². The molecule has 4 nitrogen and oxygen atoms in total. The molecule has 0 atom stereocenters. The van der Waals surface area contributed by atoms with Gasteiger partial charge in [-0.1, -0.05) is 35.9 Å². The van der Waals surface area contributed by atoms with Crippen LogP contribution in [0.1, 0.15) is 18.1 Å². The molecule has 0 unspecified atom stereocenters. The summed E-state index contributed by atoms with van der Waals surface area (Å²) >= 11 is 0. The van der Waals surface area contributed by atoms with Gasteiger partial charge in [0.25, 0.3) is 5.91 Å². The van der Waals surface area contributed by atoms with Crippen LogP contribution in [0.5, 0.6) is 0 Å². The Morgan fingerprint density at radius 3 is 2.33 bits per heavy atom. The first-order valence-electron chi connectivity index (χ1n) is 6.64. The molecule has 1 amide bonds. The standard InChI is InChI=1S/C16H23N3O.BrH/c1-13-6-9-15(10-7-13)11-8-14(2)17-18-16(20)12-19(3,4)5;/h6-11H,12H2,1-5H3;1H/b11-8+,17-14+;. The number of benzene rings is 1. The summed E-state index contributed by atoms with van der Waals surface area (Å²) in [5, 5.41) is 4.06. The van der Waals surface area contributed by atoms with E-state index in [1.54, 1.807) is 0 Å². The Bertz CT molecular complexity index is 513. The summed E-state index contributed by atoms with van der Waals surface area (Å²) in [6.45, 7) is 4.32. The highest BCUT2D eigenvalue weighted by Gasteiger charge is 2.13. The van der Waals surface area contributed by atoms with Gasteiger partial charge in [0.15, 0.2) is 6.54 Å². The molecule has 21 heavy (non-hydrogen) atoms. The summed E-state index contributed by atoms with van der Waals surface area (Å²) < 4.78 is 0.583. The summed E-state index contributed by atoms with van der Waals surface area (Å²) in [7, 11) is 5.90. The van der Waals surface area contributed by atoms with Crippen LogP contribution in [0.4, 0.5) is 0 Å². The Morgan fingerprint density at radius 2 is 1.81 bits per heavy atom. The van der Waals surface area contributed by atoms with Gasteiger partial charge in [0.05, 0.1) is 26.9 Å². The van der Waals surface area contributed by atoms with Crippen LogP contribution in [0.25, 0.3) is 6.08 Å². The molecular weight excluding hydrogens is 330 g/mol. The summed E-state index contributed by atoms with van der Waals surface area (Å²) in [6.07, 6.45) is 3.86. The number of likely N-dealkylation sites (N-methyl/N-ethyl adjacent to an activating group) is 1. The molecule has 116 valence electrons. The molecule has 0 aromatic heterocycles. The van der Waals surface area contributed by atoms with Gasteiger partial charge in [0.2, 0.25) is 0 Å². The molecule has 0 aliphatic rings. The van der Waals surface area contributed by atoms with E-state index in [0.717, 1.165) is 11.3 Å². The first-order valence-corrected chi connectivity index (χ1v) is 6.64. The Hall–Kier alpha value is -1.46. The Kier molecular flexibility index (Phi) is 8.14. The molecule has 0 radical (unpaired) electrons. The van der Waals surface area contributed by atoms with Crippen molar-refractivity contribution in [2.45, 2.75) is 13.8 Å². The molecule has 0 saturated heterocycles. The predicted octanol–water partition coefficient (Wildman–Crippen LogP) is -0.789. The number of rotatable bonds is 5. The van der Waals surface area contributed by atoms with E-state index in [1.165, 1.54) is 5.56 Å². The van der Waals surface area contributed by atoms with Crippen molar-refractivity contribution in [1.82, 2.24) is 5.43 Å². The highest BCUT2D eigenvalue weighted by Crippen LogP contribution is 2.04. The van der Waals surface area contributed by atoms with Crippen molar-refractivity contribution in [2.24, 2.45) is 5.10 Å². The second-order valence-corrected chi connectivity index (χ2v) is 5.98. The average Bonchev–Trinajstić information content (AvgIpc) is 2.33. The van der Waals surface area contributed by atoms with Crippen LogP contribution in [-0.2, 0) is 4.79 Å². The van der Waals surface area contributed by atoms with Crippen LogP contribution in [-0.4, -0.2) is 43.8 Å². The van der Waals surface area contributed by atoms with Crippen LogP contribution in [0.2, 0.25) is 0 Å². The number of nitrogens with one attached hydrogen (secondary N) is 1. The summed E-state index contributed by atoms with van der Waals surface area (Å²) in [5.74, 6) is -0.0828. The number of amides is 1. The van der Waals surface area contributed by atoms with Crippen molar-refractivity contribution in [3.05, 3.63) is 41.5 Å². The second-order valence-electron chi connectivity index (χ2n) is 5.98. The normalized spacial score (nSPS) is 12.1. The highest BCUT2D eigenvalue weighted by molar-refractivity contribution is 5.97. The number of nitrogens with zero attached hydrogens (tertiary/aromatic N) is 2. The van der Waals surface area contributed by atoms with Crippen molar-refractivity contribution in [2.75, 3.05) is 27.7 Å². The molecule has 0 saturated carbocycles. The fourth-order valence-corrected chi connectivity index (χ4v) is 1.55. The molecule has 0 aliphatic carbocycles. The number of hydrogen-bond acceptors (Lipinski definition) is 2. The highest BCUT2D eigenvalue weighted by atomic mass is 79.9. The average molecular weight is 354 g/mol. The molecular formula is C16H24BrN3O. The van der Waals surface area contributed by atoms with E-state index >= 15 is 0 Å². The molecule has 0 spiro atoms. The number of hydrazone groups is 1. The smallest absolute Gasteiger partial charge is 0.295 e. The number of halogens is 1. The Morgan fingerprint density at radius 1 is 1.24 bits per heavy atom. The number of hydrogen-bond donors (Lipinski definition) is 1. The molecule has 0 heterocycles. The van der Waals surface area contributed by atoms with Crippen LogP contribution in [0.3, 0.4) is 0 Å². The Balaban J connectivity index is 0.00000400. The third-order valence-electron chi connectivity index (χ3n) is 2.57. The van der Waals surface area contributed by atoms with Crippen LogP contribution in [0, 0.1) is 6.92 Å². The first-order chi connectivity index (χ1) is 9.26. The lowest BCUT2D eigenvalue weighted by atomic mass is 10.1. The largest absolute Gasteiger partial charge is 1.00 e. The maximum Gasteiger partial charge on any atom is 0.295 e. The molecule has 1 rings (SSSR count). The fraction of sp³-hybridized carbons (Fsp3) is 0.375. The van der Waals surface area contributed by atoms with E-state index < -0.39 is 0 Å². The van der Waals surface area contributed by atoms with Crippen LogP contribution >= 0.6 is 0 Å². The van der Waals surface area contributed by atoms with Gasteiger partial charge in [-0.3, -0.25) is 4.79 Å².